The second-order valence-electron chi connectivity index (χ2n) is 5.51. The number of carbonyl (C=O) groups is 1. The van der Waals surface area contributed by atoms with Crippen molar-refractivity contribution in [1.29, 1.82) is 0 Å². The van der Waals surface area contributed by atoms with Crippen LogP contribution >= 0.6 is 11.3 Å². The Hall–Kier alpha value is -2.91. The number of anilines is 1. The molecule has 1 heterocycles. The number of hydrogen-bond acceptors (Lipinski definition) is 2. The average molecular weight is 329 g/mol. The number of nitrogens with one attached hydrogen (secondary N) is 1. The minimum absolute atomic E-state index is 0.0948. The van der Waals surface area contributed by atoms with Gasteiger partial charge >= 0.3 is 0 Å². The Morgan fingerprint density at radius 2 is 1.46 bits per heavy atom. The number of thiophene rings is 1. The predicted molar refractivity (Wildman–Crippen MR) is 102 cm³/mol. The quantitative estimate of drug-likeness (QED) is 0.504. The Morgan fingerprint density at radius 3 is 2.33 bits per heavy atom. The summed E-state index contributed by atoms with van der Waals surface area (Å²) in [5.74, 6) is -0.0948. The summed E-state index contributed by atoms with van der Waals surface area (Å²) in [4.78, 5) is 12.5. The van der Waals surface area contributed by atoms with E-state index in [1.165, 1.54) is 10.1 Å². The first-order valence-electron chi connectivity index (χ1n) is 7.75. The van der Waals surface area contributed by atoms with Gasteiger partial charge in [0.2, 0.25) is 0 Å². The van der Waals surface area contributed by atoms with Crippen LogP contribution in [0.15, 0.2) is 84.2 Å². The summed E-state index contributed by atoms with van der Waals surface area (Å²) in [6.45, 7) is 0. The number of hydrogen-bond donors (Lipinski definition) is 1. The van der Waals surface area contributed by atoms with Crippen molar-refractivity contribution in [1.82, 2.24) is 0 Å². The third kappa shape index (κ3) is 2.70. The van der Waals surface area contributed by atoms with Crippen LogP contribution in [0.25, 0.3) is 21.2 Å². The van der Waals surface area contributed by atoms with E-state index in [0.29, 0.717) is 5.56 Å². The summed E-state index contributed by atoms with van der Waals surface area (Å²) in [5.41, 5.74) is 3.68. The number of rotatable bonds is 3. The lowest BCUT2D eigenvalue weighted by atomic mass is 10.0. The van der Waals surface area contributed by atoms with E-state index in [4.69, 9.17) is 0 Å². The fraction of sp³-hybridized carbons (Fsp3) is 0. The lowest BCUT2D eigenvalue weighted by molar-refractivity contribution is 0.102. The van der Waals surface area contributed by atoms with Gasteiger partial charge in [0.05, 0.1) is 0 Å². The van der Waals surface area contributed by atoms with Gasteiger partial charge in [0.1, 0.15) is 0 Å². The molecule has 1 aromatic heterocycles. The molecule has 0 bridgehead atoms. The van der Waals surface area contributed by atoms with Crippen LogP contribution in [0.4, 0.5) is 5.69 Å². The number of para-hydroxylation sites is 1. The fourth-order valence-electron chi connectivity index (χ4n) is 2.80. The molecular formula is C21H15NOS. The molecule has 0 saturated heterocycles. The minimum atomic E-state index is -0.0948. The van der Waals surface area contributed by atoms with Crippen LogP contribution in [0.2, 0.25) is 0 Å². The highest BCUT2D eigenvalue weighted by Gasteiger charge is 2.12. The lowest BCUT2D eigenvalue weighted by Gasteiger charge is -2.11. The maximum absolute atomic E-state index is 12.5. The molecule has 0 atom stereocenters. The Kier molecular flexibility index (Phi) is 3.85. The van der Waals surface area contributed by atoms with E-state index in [-0.39, 0.29) is 5.91 Å². The summed E-state index contributed by atoms with van der Waals surface area (Å²) < 4.78 is 1.25. The monoisotopic (exact) mass is 329 g/mol. The van der Waals surface area contributed by atoms with Crippen molar-refractivity contribution < 1.29 is 4.79 Å². The van der Waals surface area contributed by atoms with Gasteiger partial charge in [-0.15, -0.1) is 11.3 Å². The van der Waals surface area contributed by atoms with Gasteiger partial charge in [-0.1, -0.05) is 54.6 Å². The van der Waals surface area contributed by atoms with Crippen molar-refractivity contribution in [2.45, 2.75) is 0 Å². The standard InChI is InChI=1S/C21H15NOS/c23-21(15-8-2-1-3-9-15)22-19-12-6-4-10-16(19)18-14-24-20-13-7-5-11-17(18)20/h1-14H,(H,22,23). The minimum Gasteiger partial charge on any atom is -0.321 e. The Morgan fingerprint density at radius 1 is 0.750 bits per heavy atom. The second kappa shape index (κ2) is 6.30. The Bertz CT molecular complexity index is 1000. The van der Waals surface area contributed by atoms with Crippen molar-refractivity contribution in [3.8, 4) is 11.1 Å². The smallest absolute Gasteiger partial charge is 0.255 e. The van der Waals surface area contributed by atoms with E-state index >= 15 is 0 Å². The van der Waals surface area contributed by atoms with Gasteiger partial charge in [-0.2, -0.15) is 0 Å². The fourth-order valence-corrected chi connectivity index (χ4v) is 3.76. The summed E-state index contributed by atoms with van der Waals surface area (Å²) in [6, 6.07) is 25.6. The number of fused-ring (bicyclic) bond motifs is 1. The molecule has 0 aliphatic carbocycles. The SMILES string of the molecule is O=C(Nc1ccccc1-c1csc2ccccc12)c1ccccc1. The molecule has 0 fully saturated rings. The van der Waals surface area contributed by atoms with Crippen LogP contribution in [-0.2, 0) is 0 Å². The molecule has 0 aliphatic heterocycles. The normalized spacial score (nSPS) is 10.7. The average Bonchev–Trinajstić information content (AvgIpc) is 3.07. The highest BCUT2D eigenvalue weighted by Crippen LogP contribution is 2.37. The first-order chi connectivity index (χ1) is 11.8. The second-order valence-corrected chi connectivity index (χ2v) is 6.42. The molecule has 0 saturated carbocycles. The maximum Gasteiger partial charge on any atom is 0.255 e. The zero-order valence-electron chi connectivity index (χ0n) is 12.9. The summed E-state index contributed by atoms with van der Waals surface area (Å²) in [6.07, 6.45) is 0. The van der Waals surface area contributed by atoms with Crippen molar-refractivity contribution in [3.63, 3.8) is 0 Å². The van der Waals surface area contributed by atoms with Gasteiger partial charge in [0.25, 0.3) is 5.91 Å². The van der Waals surface area contributed by atoms with Crippen LogP contribution < -0.4 is 5.32 Å². The van der Waals surface area contributed by atoms with Gasteiger partial charge in [-0.05, 0) is 29.6 Å². The van der Waals surface area contributed by atoms with Crippen molar-refractivity contribution >= 4 is 33.0 Å². The van der Waals surface area contributed by atoms with E-state index < -0.39 is 0 Å². The van der Waals surface area contributed by atoms with Gasteiger partial charge < -0.3 is 5.32 Å². The van der Waals surface area contributed by atoms with Gasteiger partial charge in [-0.25, -0.2) is 0 Å². The largest absolute Gasteiger partial charge is 0.321 e. The van der Waals surface area contributed by atoms with E-state index in [1.54, 1.807) is 11.3 Å². The molecule has 0 unspecified atom stereocenters. The predicted octanol–water partition coefficient (Wildman–Crippen LogP) is 5.82. The van der Waals surface area contributed by atoms with E-state index in [1.807, 2.05) is 60.7 Å². The maximum atomic E-state index is 12.5. The van der Waals surface area contributed by atoms with Gasteiger partial charge in [-0.3, -0.25) is 4.79 Å². The highest BCUT2D eigenvalue weighted by molar-refractivity contribution is 7.17. The lowest BCUT2D eigenvalue weighted by Crippen LogP contribution is -2.12. The van der Waals surface area contributed by atoms with Crippen LogP contribution in [0.3, 0.4) is 0 Å². The molecule has 1 amide bonds. The van der Waals surface area contributed by atoms with Crippen LogP contribution in [-0.4, -0.2) is 5.91 Å². The summed E-state index contributed by atoms with van der Waals surface area (Å²) in [5, 5.41) is 6.41. The topological polar surface area (TPSA) is 29.1 Å². The van der Waals surface area contributed by atoms with Gasteiger partial charge in [0, 0.05) is 32.5 Å². The molecule has 3 aromatic carbocycles. The molecule has 116 valence electrons. The van der Waals surface area contributed by atoms with Crippen molar-refractivity contribution in [2.24, 2.45) is 0 Å². The van der Waals surface area contributed by atoms with Crippen LogP contribution in [0.1, 0.15) is 10.4 Å². The Labute approximate surface area is 144 Å². The number of amides is 1. The molecule has 4 rings (SSSR count). The zero-order valence-corrected chi connectivity index (χ0v) is 13.7. The third-order valence-electron chi connectivity index (χ3n) is 3.98. The highest BCUT2D eigenvalue weighted by atomic mass is 32.1. The van der Waals surface area contributed by atoms with E-state index in [2.05, 4.69) is 28.9 Å². The molecule has 0 aliphatic rings. The van der Waals surface area contributed by atoms with Crippen LogP contribution in [0, 0.1) is 0 Å². The third-order valence-corrected chi connectivity index (χ3v) is 4.95. The summed E-state index contributed by atoms with van der Waals surface area (Å²) in [7, 11) is 0. The Balaban J connectivity index is 1.75. The van der Waals surface area contributed by atoms with E-state index in [9.17, 15) is 4.79 Å². The summed E-state index contributed by atoms with van der Waals surface area (Å²) >= 11 is 1.72. The van der Waals surface area contributed by atoms with Gasteiger partial charge in [0.15, 0.2) is 0 Å². The molecule has 3 heteroatoms. The zero-order chi connectivity index (χ0) is 16.4. The first-order valence-corrected chi connectivity index (χ1v) is 8.63. The molecule has 2 nitrogen and oxygen atoms in total. The number of carbonyl (C=O) groups excluding carboxylic acids is 1. The molecule has 0 spiro atoms. The van der Waals surface area contributed by atoms with E-state index in [0.717, 1.165) is 16.8 Å². The number of benzene rings is 3. The molecule has 1 N–H and O–H groups in total. The van der Waals surface area contributed by atoms with Crippen molar-refractivity contribution in [3.05, 3.63) is 89.8 Å². The molecular weight excluding hydrogens is 314 g/mol. The molecule has 0 radical (unpaired) electrons. The first kappa shape index (κ1) is 14.7. The molecule has 24 heavy (non-hydrogen) atoms. The molecule has 4 aromatic rings. The van der Waals surface area contributed by atoms with Crippen LogP contribution in [0.5, 0.6) is 0 Å². The van der Waals surface area contributed by atoms with Crippen molar-refractivity contribution in [2.75, 3.05) is 5.32 Å².